The minimum absolute atomic E-state index is 0.0915. The number of aliphatic carboxylic acids is 1. The first-order valence-corrected chi connectivity index (χ1v) is 2.89. The molecule has 54 valence electrons. The van der Waals surface area contributed by atoms with Gasteiger partial charge in [-0.25, -0.2) is 0 Å². The number of carbonyl (C=O) groups is 2. The fraction of sp³-hybridized carbons (Fsp3) is 0.333. The highest BCUT2D eigenvalue weighted by Gasteiger charge is 2.13. The van der Waals surface area contributed by atoms with Crippen molar-refractivity contribution in [2.75, 3.05) is 0 Å². The Morgan fingerprint density at radius 1 is 1.80 bits per heavy atom. The van der Waals surface area contributed by atoms with Gasteiger partial charge in [-0.05, 0) is 0 Å². The van der Waals surface area contributed by atoms with Gasteiger partial charge < -0.3 is 10.4 Å². The lowest BCUT2D eigenvalue weighted by Crippen LogP contribution is -2.16. The number of carboxylic acids is 1. The van der Waals surface area contributed by atoms with Crippen molar-refractivity contribution in [1.29, 1.82) is 0 Å². The second-order valence-corrected chi connectivity index (χ2v) is 2.05. The molecule has 1 aliphatic rings. The molecule has 1 amide bonds. The van der Waals surface area contributed by atoms with Gasteiger partial charge in [0.05, 0.1) is 6.42 Å². The summed E-state index contributed by atoms with van der Waals surface area (Å²) in [5.74, 6) is -1.05. The van der Waals surface area contributed by atoms with E-state index in [1.165, 1.54) is 0 Å². The summed E-state index contributed by atoms with van der Waals surface area (Å²) in [6.45, 7) is 0. The topological polar surface area (TPSA) is 66.4 Å². The van der Waals surface area contributed by atoms with E-state index in [-0.39, 0.29) is 12.3 Å². The number of amides is 1. The highest BCUT2D eigenvalue weighted by molar-refractivity contribution is 5.84. The molecule has 0 aromatic rings. The van der Waals surface area contributed by atoms with Crippen molar-refractivity contribution in [3.8, 4) is 0 Å². The maximum atomic E-state index is 10.5. The first-order valence-electron chi connectivity index (χ1n) is 2.89. The lowest BCUT2D eigenvalue weighted by Gasteiger charge is -1.95. The van der Waals surface area contributed by atoms with Gasteiger partial charge in [0.2, 0.25) is 5.91 Å². The average Bonchev–Trinajstić information content (AvgIpc) is 2.13. The van der Waals surface area contributed by atoms with Crippen LogP contribution in [0.25, 0.3) is 0 Å². The van der Waals surface area contributed by atoms with E-state index in [0.29, 0.717) is 12.1 Å². The minimum Gasteiger partial charge on any atom is -0.481 e. The number of hydrogen-bond acceptors (Lipinski definition) is 2. The summed E-state index contributed by atoms with van der Waals surface area (Å²) in [6.07, 6.45) is 1.81. The third-order valence-corrected chi connectivity index (χ3v) is 1.18. The van der Waals surface area contributed by atoms with E-state index in [0.717, 1.165) is 0 Å². The molecular weight excluding hydrogens is 134 g/mol. The van der Waals surface area contributed by atoms with E-state index in [1.54, 1.807) is 6.08 Å². The van der Waals surface area contributed by atoms with Gasteiger partial charge in [-0.3, -0.25) is 9.59 Å². The maximum Gasteiger partial charge on any atom is 0.309 e. The summed E-state index contributed by atoms with van der Waals surface area (Å²) < 4.78 is 0. The number of carbonyl (C=O) groups excluding carboxylic acids is 1. The molecule has 0 saturated heterocycles. The molecule has 10 heavy (non-hydrogen) atoms. The second kappa shape index (κ2) is 2.51. The standard InChI is InChI=1S/C6H7NO3/c8-5-2-1-4(7-5)3-6(9)10/h1H,2-3H2,(H,7,8)(H,9,10). The molecule has 4 heteroatoms. The van der Waals surface area contributed by atoms with E-state index in [2.05, 4.69) is 5.32 Å². The van der Waals surface area contributed by atoms with Gasteiger partial charge in [-0.2, -0.15) is 0 Å². The van der Waals surface area contributed by atoms with E-state index >= 15 is 0 Å². The Labute approximate surface area is 57.5 Å². The van der Waals surface area contributed by atoms with Gasteiger partial charge >= 0.3 is 5.97 Å². The Morgan fingerprint density at radius 3 is 2.90 bits per heavy atom. The van der Waals surface area contributed by atoms with Crippen LogP contribution in [-0.2, 0) is 9.59 Å². The van der Waals surface area contributed by atoms with Crippen molar-refractivity contribution in [2.45, 2.75) is 12.8 Å². The quantitative estimate of drug-likeness (QED) is 0.562. The molecule has 1 aliphatic heterocycles. The molecule has 0 unspecified atom stereocenters. The van der Waals surface area contributed by atoms with Crippen LogP contribution < -0.4 is 5.32 Å². The number of hydrogen-bond donors (Lipinski definition) is 2. The normalized spacial score (nSPS) is 16.4. The maximum absolute atomic E-state index is 10.5. The predicted octanol–water partition coefficient (Wildman–Crippen LogP) is -0.135. The zero-order chi connectivity index (χ0) is 7.56. The number of carboxylic acid groups (broad SMARTS) is 1. The molecule has 0 bridgehead atoms. The summed E-state index contributed by atoms with van der Waals surface area (Å²) in [4.78, 5) is 20.5. The van der Waals surface area contributed by atoms with Crippen molar-refractivity contribution >= 4 is 11.9 Å². The van der Waals surface area contributed by atoms with Crippen LogP contribution in [0.15, 0.2) is 11.8 Å². The third kappa shape index (κ3) is 1.58. The van der Waals surface area contributed by atoms with Crippen LogP contribution in [0.1, 0.15) is 12.8 Å². The molecule has 0 spiro atoms. The van der Waals surface area contributed by atoms with Crippen molar-refractivity contribution in [3.63, 3.8) is 0 Å². The van der Waals surface area contributed by atoms with Gasteiger partial charge in [-0.1, -0.05) is 6.08 Å². The van der Waals surface area contributed by atoms with Crippen LogP contribution in [0.3, 0.4) is 0 Å². The van der Waals surface area contributed by atoms with E-state index in [9.17, 15) is 9.59 Å². The molecule has 1 heterocycles. The van der Waals surface area contributed by atoms with E-state index in [1.807, 2.05) is 0 Å². The first-order chi connectivity index (χ1) is 4.68. The van der Waals surface area contributed by atoms with Crippen LogP contribution in [0.5, 0.6) is 0 Å². The van der Waals surface area contributed by atoms with Crippen LogP contribution in [0, 0.1) is 0 Å². The summed E-state index contributed by atoms with van der Waals surface area (Å²) in [5.41, 5.74) is 0.498. The summed E-state index contributed by atoms with van der Waals surface area (Å²) in [7, 11) is 0. The summed E-state index contributed by atoms with van der Waals surface area (Å²) in [6, 6.07) is 0. The molecule has 0 aromatic heterocycles. The van der Waals surface area contributed by atoms with E-state index in [4.69, 9.17) is 5.11 Å². The Kier molecular flexibility index (Phi) is 1.71. The Morgan fingerprint density at radius 2 is 2.50 bits per heavy atom. The minimum atomic E-state index is -0.923. The van der Waals surface area contributed by atoms with Crippen molar-refractivity contribution in [1.82, 2.24) is 5.32 Å². The van der Waals surface area contributed by atoms with Crippen LogP contribution in [0.4, 0.5) is 0 Å². The van der Waals surface area contributed by atoms with Crippen LogP contribution in [-0.4, -0.2) is 17.0 Å². The van der Waals surface area contributed by atoms with Gasteiger partial charge in [0, 0.05) is 12.1 Å². The average molecular weight is 141 g/mol. The molecule has 0 saturated carbocycles. The summed E-state index contributed by atoms with van der Waals surface area (Å²) in [5, 5.41) is 10.7. The number of rotatable bonds is 2. The molecular formula is C6H7NO3. The van der Waals surface area contributed by atoms with E-state index < -0.39 is 5.97 Å². The second-order valence-electron chi connectivity index (χ2n) is 2.05. The van der Waals surface area contributed by atoms with Crippen molar-refractivity contribution in [3.05, 3.63) is 11.8 Å². The van der Waals surface area contributed by atoms with Crippen molar-refractivity contribution in [2.24, 2.45) is 0 Å². The fourth-order valence-electron chi connectivity index (χ4n) is 0.776. The molecule has 0 aromatic carbocycles. The fourth-order valence-corrected chi connectivity index (χ4v) is 0.776. The number of nitrogens with one attached hydrogen (secondary N) is 1. The molecule has 1 rings (SSSR count). The van der Waals surface area contributed by atoms with Gasteiger partial charge in [-0.15, -0.1) is 0 Å². The van der Waals surface area contributed by atoms with Gasteiger partial charge in [0.1, 0.15) is 0 Å². The van der Waals surface area contributed by atoms with Gasteiger partial charge in [0.25, 0.3) is 0 Å². The van der Waals surface area contributed by atoms with Crippen LogP contribution in [0.2, 0.25) is 0 Å². The summed E-state index contributed by atoms with van der Waals surface area (Å²) >= 11 is 0. The molecule has 0 atom stereocenters. The lowest BCUT2D eigenvalue weighted by molar-refractivity contribution is -0.136. The predicted molar refractivity (Wildman–Crippen MR) is 33.1 cm³/mol. The monoisotopic (exact) mass is 141 g/mol. The SMILES string of the molecule is O=C(O)CC1=CCC(=O)N1. The molecule has 2 N–H and O–H groups in total. The Hall–Kier alpha value is -1.32. The highest BCUT2D eigenvalue weighted by atomic mass is 16.4. The first kappa shape index (κ1) is 6.80. The highest BCUT2D eigenvalue weighted by Crippen LogP contribution is 2.05. The van der Waals surface area contributed by atoms with Crippen LogP contribution >= 0.6 is 0 Å². The Bertz CT molecular complexity index is 207. The zero-order valence-corrected chi connectivity index (χ0v) is 5.26. The zero-order valence-electron chi connectivity index (χ0n) is 5.26. The third-order valence-electron chi connectivity index (χ3n) is 1.18. The molecule has 0 fully saturated rings. The Balaban J connectivity index is 2.44. The smallest absolute Gasteiger partial charge is 0.309 e. The lowest BCUT2D eigenvalue weighted by atomic mass is 10.3. The molecule has 4 nitrogen and oxygen atoms in total. The largest absolute Gasteiger partial charge is 0.481 e. The molecule has 0 radical (unpaired) electrons. The van der Waals surface area contributed by atoms with Crippen molar-refractivity contribution < 1.29 is 14.7 Å². The van der Waals surface area contributed by atoms with Gasteiger partial charge in [0.15, 0.2) is 0 Å². The molecule has 0 aliphatic carbocycles.